The van der Waals surface area contributed by atoms with E-state index in [1.165, 1.54) is 8.92 Å². The molecule has 0 heterocycles. The van der Waals surface area contributed by atoms with Crippen molar-refractivity contribution >= 4 is 46.6 Å². The summed E-state index contributed by atoms with van der Waals surface area (Å²) in [5.41, 5.74) is 13.0. The Morgan fingerprint density at radius 2 is 0.875 bits per heavy atom. The van der Waals surface area contributed by atoms with Crippen LogP contribution in [0.1, 0.15) is 0 Å². The molecule has 2 nitrogen and oxygen atoms in total. The van der Waals surface area contributed by atoms with Gasteiger partial charge in [0.25, 0.3) is 0 Å². The predicted molar refractivity (Wildman–Crippen MR) is 72.5 cm³/mol. The van der Waals surface area contributed by atoms with Gasteiger partial charge in [-0.1, -0.05) is 0 Å². The third kappa shape index (κ3) is 3.29. The number of hydrogen-bond donors (Lipinski definition) is 2. The first kappa shape index (κ1) is 11.6. The Labute approximate surface area is 106 Å². The molecular formula is C12H12N2Se2. The molecule has 0 bridgehead atoms. The van der Waals surface area contributed by atoms with Crippen LogP contribution in [0, 0.1) is 0 Å². The number of benzene rings is 2. The van der Waals surface area contributed by atoms with Crippen molar-refractivity contribution in [2.45, 2.75) is 0 Å². The first-order chi connectivity index (χ1) is 7.74. The van der Waals surface area contributed by atoms with Crippen molar-refractivity contribution in [3.8, 4) is 0 Å². The second-order valence-corrected chi connectivity index (χ2v) is 9.62. The van der Waals surface area contributed by atoms with E-state index in [0.717, 1.165) is 11.4 Å². The summed E-state index contributed by atoms with van der Waals surface area (Å²) in [6.07, 6.45) is 0. The van der Waals surface area contributed by atoms with Crippen LogP contribution >= 0.6 is 0 Å². The minimum atomic E-state index is 0.525. The summed E-state index contributed by atoms with van der Waals surface area (Å²) in [6, 6.07) is 16.4. The third-order valence-electron chi connectivity index (χ3n) is 1.99. The fourth-order valence-electron chi connectivity index (χ4n) is 1.14. The summed E-state index contributed by atoms with van der Waals surface area (Å²) < 4.78 is 2.80. The molecule has 0 aliphatic rings. The van der Waals surface area contributed by atoms with Crippen molar-refractivity contribution in [1.29, 1.82) is 0 Å². The molecule has 2 aromatic rings. The van der Waals surface area contributed by atoms with Gasteiger partial charge in [-0.3, -0.25) is 0 Å². The first-order valence-corrected chi connectivity index (χ1v) is 10.8. The van der Waals surface area contributed by atoms with Gasteiger partial charge >= 0.3 is 107 Å². The quantitative estimate of drug-likeness (QED) is 0.615. The summed E-state index contributed by atoms with van der Waals surface area (Å²) in [4.78, 5) is 0. The number of nitrogens with two attached hydrogens (primary N) is 2. The molecule has 0 amide bonds. The van der Waals surface area contributed by atoms with Crippen molar-refractivity contribution in [3.63, 3.8) is 0 Å². The molecule has 2 rings (SSSR count). The molecule has 82 valence electrons. The van der Waals surface area contributed by atoms with Crippen LogP contribution in [-0.4, -0.2) is 26.3 Å². The van der Waals surface area contributed by atoms with Crippen molar-refractivity contribution < 1.29 is 0 Å². The molecule has 0 aliphatic carbocycles. The maximum absolute atomic E-state index is 5.65. The standard InChI is InChI=1S/C12H12N2Se2/c13-9-1-5-11(6-2-9)15-16-12-7-3-10(14)4-8-12/h1-8H,13-14H2. The van der Waals surface area contributed by atoms with Crippen molar-refractivity contribution in [2.75, 3.05) is 11.5 Å². The number of anilines is 2. The molecule has 0 unspecified atom stereocenters. The SMILES string of the molecule is Nc1ccc([Se][Se]c2ccc(N)cc2)cc1. The monoisotopic (exact) mass is 344 g/mol. The van der Waals surface area contributed by atoms with Crippen LogP contribution in [0.4, 0.5) is 11.4 Å². The molecule has 0 atom stereocenters. The maximum atomic E-state index is 5.65. The molecule has 4 N–H and O–H groups in total. The topological polar surface area (TPSA) is 52.0 Å². The van der Waals surface area contributed by atoms with E-state index >= 15 is 0 Å². The second-order valence-electron chi connectivity index (χ2n) is 3.30. The summed E-state index contributed by atoms with van der Waals surface area (Å²) >= 11 is 1.05. The van der Waals surface area contributed by atoms with Gasteiger partial charge in [0.1, 0.15) is 0 Å². The zero-order chi connectivity index (χ0) is 11.4. The number of hydrogen-bond acceptors (Lipinski definition) is 2. The normalized spacial score (nSPS) is 10.2. The Kier molecular flexibility index (Phi) is 3.92. The van der Waals surface area contributed by atoms with Gasteiger partial charge in [-0.25, -0.2) is 0 Å². The van der Waals surface area contributed by atoms with E-state index in [4.69, 9.17) is 11.5 Å². The summed E-state index contributed by atoms with van der Waals surface area (Å²) in [7, 11) is 0. The van der Waals surface area contributed by atoms with Crippen LogP contribution in [0.3, 0.4) is 0 Å². The molecule has 0 saturated carbocycles. The van der Waals surface area contributed by atoms with Crippen molar-refractivity contribution in [2.24, 2.45) is 0 Å². The van der Waals surface area contributed by atoms with Gasteiger partial charge in [-0.05, 0) is 0 Å². The van der Waals surface area contributed by atoms with E-state index in [9.17, 15) is 0 Å². The van der Waals surface area contributed by atoms with Crippen LogP contribution in [0.25, 0.3) is 0 Å². The van der Waals surface area contributed by atoms with Crippen molar-refractivity contribution in [1.82, 2.24) is 0 Å². The van der Waals surface area contributed by atoms with Crippen LogP contribution in [-0.2, 0) is 0 Å². The fourth-order valence-corrected chi connectivity index (χ4v) is 7.10. The molecule has 0 spiro atoms. The van der Waals surface area contributed by atoms with Gasteiger partial charge in [0.2, 0.25) is 0 Å². The summed E-state index contributed by atoms with van der Waals surface area (Å²) in [6.45, 7) is 0. The Morgan fingerprint density at radius 3 is 1.19 bits per heavy atom. The van der Waals surface area contributed by atoms with E-state index in [0.29, 0.717) is 26.3 Å². The summed E-state index contributed by atoms with van der Waals surface area (Å²) in [5.74, 6) is 0. The Bertz CT molecular complexity index is 406. The van der Waals surface area contributed by atoms with Gasteiger partial charge in [-0.15, -0.1) is 0 Å². The van der Waals surface area contributed by atoms with Crippen LogP contribution in [0.2, 0.25) is 0 Å². The molecule has 0 saturated heterocycles. The van der Waals surface area contributed by atoms with Crippen LogP contribution < -0.4 is 20.4 Å². The zero-order valence-corrected chi connectivity index (χ0v) is 12.0. The Hall–Kier alpha value is -0.921. The molecule has 0 aliphatic heterocycles. The molecule has 0 aromatic heterocycles. The molecule has 4 heteroatoms. The Balaban J connectivity index is 1.97. The van der Waals surface area contributed by atoms with Crippen LogP contribution in [0.5, 0.6) is 0 Å². The third-order valence-corrected chi connectivity index (χ3v) is 9.22. The van der Waals surface area contributed by atoms with Crippen molar-refractivity contribution in [3.05, 3.63) is 48.5 Å². The van der Waals surface area contributed by atoms with Gasteiger partial charge in [-0.2, -0.15) is 0 Å². The number of nitrogen functional groups attached to an aromatic ring is 2. The molecule has 2 aromatic carbocycles. The van der Waals surface area contributed by atoms with Crippen LogP contribution in [0.15, 0.2) is 48.5 Å². The first-order valence-electron chi connectivity index (χ1n) is 4.79. The minimum absolute atomic E-state index is 0.525. The molecular weight excluding hydrogens is 330 g/mol. The van der Waals surface area contributed by atoms with Gasteiger partial charge in [0, 0.05) is 0 Å². The zero-order valence-electron chi connectivity index (χ0n) is 8.59. The molecule has 0 fully saturated rings. The second kappa shape index (κ2) is 5.42. The Morgan fingerprint density at radius 1 is 0.562 bits per heavy atom. The number of rotatable bonds is 3. The molecule has 16 heavy (non-hydrogen) atoms. The van der Waals surface area contributed by atoms with Gasteiger partial charge < -0.3 is 0 Å². The van der Waals surface area contributed by atoms with E-state index in [1.807, 2.05) is 24.3 Å². The fraction of sp³-hybridized carbons (Fsp3) is 0. The van der Waals surface area contributed by atoms with E-state index in [-0.39, 0.29) is 0 Å². The average Bonchev–Trinajstić information content (AvgIpc) is 2.30. The average molecular weight is 342 g/mol. The molecule has 0 radical (unpaired) electrons. The van der Waals surface area contributed by atoms with Gasteiger partial charge in [0.15, 0.2) is 0 Å². The predicted octanol–water partition coefficient (Wildman–Crippen LogP) is 0.125. The summed E-state index contributed by atoms with van der Waals surface area (Å²) in [5, 5.41) is 0. The van der Waals surface area contributed by atoms with E-state index in [1.54, 1.807) is 0 Å². The van der Waals surface area contributed by atoms with E-state index in [2.05, 4.69) is 24.3 Å². The van der Waals surface area contributed by atoms with E-state index < -0.39 is 0 Å². The van der Waals surface area contributed by atoms with Gasteiger partial charge in [0.05, 0.1) is 0 Å².